The van der Waals surface area contributed by atoms with Gasteiger partial charge in [-0.2, -0.15) is 0 Å². The van der Waals surface area contributed by atoms with E-state index in [1.165, 1.54) is 37.9 Å². The molecule has 24 heavy (non-hydrogen) atoms. The molecule has 118 valence electrons. The average molecular weight is 330 g/mol. The normalized spacial score (nSPS) is 14.4. The third-order valence-corrected chi connectivity index (χ3v) is 5.50. The monoisotopic (exact) mass is 330 g/mol. The minimum absolute atomic E-state index is 0.0934. The maximum Gasteiger partial charge on any atom is 0.152 e. The zero-order valence-corrected chi connectivity index (χ0v) is 14.4. The van der Waals surface area contributed by atoms with Crippen LogP contribution in [0.3, 0.4) is 0 Å². The van der Waals surface area contributed by atoms with Crippen LogP contribution < -0.4 is 0 Å². The molecule has 0 fully saturated rings. The number of rotatable bonds is 3. The summed E-state index contributed by atoms with van der Waals surface area (Å²) in [5.74, 6) is 0.0934. The fourth-order valence-electron chi connectivity index (χ4n) is 3.42. The average Bonchev–Trinajstić information content (AvgIpc) is 3.03. The van der Waals surface area contributed by atoms with E-state index in [9.17, 15) is 4.79 Å². The van der Waals surface area contributed by atoms with Crippen molar-refractivity contribution in [3.63, 3.8) is 0 Å². The van der Waals surface area contributed by atoms with Gasteiger partial charge in [-0.25, -0.2) is 0 Å². The van der Waals surface area contributed by atoms with Gasteiger partial charge in [-0.3, -0.25) is 4.79 Å². The molecule has 2 aromatic carbocycles. The lowest BCUT2D eigenvalue weighted by Crippen LogP contribution is -2.05. The van der Waals surface area contributed by atoms with E-state index in [2.05, 4.69) is 53.9 Å². The van der Waals surface area contributed by atoms with Crippen LogP contribution in [0, 0.1) is 0 Å². The molecule has 0 amide bonds. The highest BCUT2D eigenvalue weighted by atomic mass is 32.1. The van der Waals surface area contributed by atoms with Gasteiger partial charge in [-0.05, 0) is 59.6 Å². The molecule has 0 saturated carbocycles. The number of ketones is 1. The van der Waals surface area contributed by atoms with Gasteiger partial charge in [0, 0.05) is 15.6 Å². The molecule has 1 heterocycles. The number of thiophene rings is 1. The summed E-state index contributed by atoms with van der Waals surface area (Å²) in [6.07, 6.45) is 5.71. The van der Waals surface area contributed by atoms with Gasteiger partial charge in [0.1, 0.15) is 0 Å². The fourth-order valence-corrected chi connectivity index (χ4v) is 4.38. The second kappa shape index (κ2) is 6.21. The third-order valence-electron chi connectivity index (χ3n) is 4.54. The van der Waals surface area contributed by atoms with Crippen molar-refractivity contribution in [1.82, 2.24) is 0 Å². The lowest BCUT2D eigenvalue weighted by Gasteiger charge is -2.22. The minimum atomic E-state index is 0.0934. The van der Waals surface area contributed by atoms with E-state index < -0.39 is 0 Å². The van der Waals surface area contributed by atoms with Crippen LogP contribution in [0.25, 0.3) is 15.7 Å². The smallest absolute Gasteiger partial charge is 0.152 e. The van der Waals surface area contributed by atoms with Gasteiger partial charge >= 0.3 is 0 Å². The molecule has 0 saturated heterocycles. The van der Waals surface area contributed by atoms with E-state index in [4.69, 9.17) is 0 Å². The molecule has 0 radical (unpaired) electrons. The zero-order valence-electron chi connectivity index (χ0n) is 13.6. The van der Waals surface area contributed by atoms with E-state index in [1.807, 2.05) is 6.08 Å². The van der Waals surface area contributed by atoms with Crippen molar-refractivity contribution in [3.05, 3.63) is 88.3 Å². The molecule has 0 aliphatic heterocycles. The summed E-state index contributed by atoms with van der Waals surface area (Å²) in [5.41, 5.74) is 6.52. The molecule has 1 aliphatic rings. The van der Waals surface area contributed by atoms with E-state index in [1.54, 1.807) is 24.3 Å². The number of hydrogen-bond donors (Lipinski definition) is 0. The summed E-state index contributed by atoms with van der Waals surface area (Å²) in [7, 11) is 0. The van der Waals surface area contributed by atoms with Gasteiger partial charge in [0.05, 0.1) is 0 Å². The van der Waals surface area contributed by atoms with Crippen molar-refractivity contribution < 1.29 is 4.79 Å². The van der Waals surface area contributed by atoms with Crippen LogP contribution in [0.4, 0.5) is 0 Å². The molecule has 4 rings (SSSR count). The van der Waals surface area contributed by atoms with Crippen molar-refractivity contribution in [2.45, 2.75) is 19.8 Å². The van der Waals surface area contributed by atoms with Gasteiger partial charge in [-0.1, -0.05) is 48.5 Å². The Labute approximate surface area is 146 Å². The van der Waals surface area contributed by atoms with E-state index >= 15 is 0 Å². The highest BCUT2D eigenvalue weighted by molar-refractivity contribution is 7.17. The van der Waals surface area contributed by atoms with Gasteiger partial charge in [-0.15, -0.1) is 11.3 Å². The number of aryl methyl sites for hydroxylation is 1. The third kappa shape index (κ3) is 2.63. The lowest BCUT2D eigenvalue weighted by atomic mass is 9.82. The van der Waals surface area contributed by atoms with Crippen LogP contribution in [0.5, 0.6) is 0 Å². The Morgan fingerprint density at radius 3 is 2.67 bits per heavy atom. The first kappa shape index (κ1) is 15.1. The van der Waals surface area contributed by atoms with Crippen molar-refractivity contribution in [1.29, 1.82) is 0 Å². The molecule has 2 heteroatoms. The molecule has 1 aromatic heterocycles. The number of benzene rings is 2. The molecule has 1 nitrogen and oxygen atoms in total. The van der Waals surface area contributed by atoms with Crippen LogP contribution >= 0.6 is 11.3 Å². The Bertz CT molecular complexity index is 988. The summed E-state index contributed by atoms with van der Waals surface area (Å²) < 4.78 is 1.30. The van der Waals surface area contributed by atoms with Crippen LogP contribution in [-0.4, -0.2) is 5.78 Å². The minimum Gasteiger partial charge on any atom is -0.295 e. The molecular weight excluding hydrogens is 312 g/mol. The first-order valence-electron chi connectivity index (χ1n) is 8.21. The Balaban J connectivity index is 1.99. The number of carbonyl (C=O) groups is 1. The van der Waals surface area contributed by atoms with Crippen LogP contribution in [0.15, 0.2) is 71.6 Å². The van der Waals surface area contributed by atoms with Crippen molar-refractivity contribution in [2.75, 3.05) is 0 Å². The Morgan fingerprint density at radius 1 is 1.00 bits per heavy atom. The predicted molar refractivity (Wildman–Crippen MR) is 102 cm³/mol. The topological polar surface area (TPSA) is 17.1 Å². The summed E-state index contributed by atoms with van der Waals surface area (Å²) in [4.78, 5) is 11.4. The first-order chi connectivity index (χ1) is 11.7. The quantitative estimate of drug-likeness (QED) is 0.555. The maximum absolute atomic E-state index is 11.4. The predicted octanol–water partition coefficient (Wildman–Crippen LogP) is 5.79. The fraction of sp³-hybridized carbons (Fsp3) is 0.136. The van der Waals surface area contributed by atoms with E-state index in [-0.39, 0.29) is 5.78 Å². The van der Waals surface area contributed by atoms with Crippen molar-refractivity contribution in [2.24, 2.45) is 0 Å². The summed E-state index contributed by atoms with van der Waals surface area (Å²) in [6.45, 7) is 1.60. The van der Waals surface area contributed by atoms with Gasteiger partial charge in [0.25, 0.3) is 0 Å². The molecule has 0 N–H and O–H groups in total. The number of hydrogen-bond acceptors (Lipinski definition) is 2. The van der Waals surface area contributed by atoms with Gasteiger partial charge in [0.2, 0.25) is 0 Å². The summed E-state index contributed by atoms with van der Waals surface area (Å²) in [5, 5.41) is 3.55. The molecule has 0 spiro atoms. The molecule has 1 aliphatic carbocycles. The Morgan fingerprint density at radius 2 is 1.79 bits per heavy atom. The largest absolute Gasteiger partial charge is 0.295 e. The van der Waals surface area contributed by atoms with Crippen LogP contribution in [0.1, 0.15) is 30.0 Å². The maximum atomic E-state index is 11.4. The zero-order chi connectivity index (χ0) is 16.5. The Kier molecular flexibility index (Phi) is 3.91. The number of allylic oxidation sites excluding steroid dienone is 3. The molecule has 3 aromatic rings. The molecule has 0 bridgehead atoms. The number of carbonyl (C=O) groups excluding carboxylic acids is 1. The Hall–Kier alpha value is -2.45. The van der Waals surface area contributed by atoms with Gasteiger partial charge in [0.15, 0.2) is 5.78 Å². The molecule has 0 unspecified atom stereocenters. The van der Waals surface area contributed by atoms with E-state index in [0.29, 0.717) is 0 Å². The van der Waals surface area contributed by atoms with Crippen LogP contribution in [0.2, 0.25) is 0 Å². The van der Waals surface area contributed by atoms with E-state index in [0.717, 1.165) is 12.8 Å². The standard InChI is InChI=1S/C22H18OS/c1-15(23)10-11-17-13-12-16-6-2-3-7-18(16)22(17)20-14-24-21-9-5-4-8-19(20)21/h2-11,14H,12-13H2,1H3/b11-10+. The number of fused-ring (bicyclic) bond motifs is 2. The highest BCUT2D eigenvalue weighted by Crippen LogP contribution is 2.41. The van der Waals surface area contributed by atoms with Crippen LogP contribution in [-0.2, 0) is 11.2 Å². The highest BCUT2D eigenvalue weighted by Gasteiger charge is 2.21. The van der Waals surface area contributed by atoms with Crippen molar-refractivity contribution in [3.8, 4) is 0 Å². The molecular formula is C22H18OS. The second-order valence-electron chi connectivity index (χ2n) is 6.15. The summed E-state index contributed by atoms with van der Waals surface area (Å²) >= 11 is 1.78. The first-order valence-corrected chi connectivity index (χ1v) is 9.08. The second-order valence-corrected chi connectivity index (χ2v) is 7.06. The van der Waals surface area contributed by atoms with Gasteiger partial charge < -0.3 is 0 Å². The molecule has 0 atom stereocenters. The van der Waals surface area contributed by atoms with Crippen molar-refractivity contribution >= 4 is 32.8 Å². The SMILES string of the molecule is CC(=O)/C=C/C1=C(c2csc3ccccc23)c2ccccc2CC1. The summed E-state index contributed by atoms with van der Waals surface area (Å²) in [6, 6.07) is 17.2. The lowest BCUT2D eigenvalue weighted by molar-refractivity contribution is -0.112.